The van der Waals surface area contributed by atoms with E-state index in [9.17, 15) is 4.21 Å². The first-order valence-electron chi connectivity index (χ1n) is 10.8. The summed E-state index contributed by atoms with van der Waals surface area (Å²) in [7, 11) is 1.46. The molecule has 2 N–H and O–H groups in total. The van der Waals surface area contributed by atoms with E-state index in [0.29, 0.717) is 11.3 Å². The molecule has 1 aliphatic carbocycles. The second kappa shape index (κ2) is 15.0. The Labute approximate surface area is 197 Å². The first kappa shape index (κ1) is 26.2. The fraction of sp³-hybridized carbons (Fsp3) is 0.682. The van der Waals surface area contributed by atoms with Gasteiger partial charge in [0, 0.05) is 60.2 Å². The molecule has 1 saturated carbocycles. The van der Waals surface area contributed by atoms with Gasteiger partial charge in [0.15, 0.2) is 5.96 Å². The Hall–Kier alpha value is -0.830. The van der Waals surface area contributed by atoms with Crippen LogP contribution in [0.5, 0.6) is 0 Å². The maximum Gasteiger partial charge on any atom is 0.191 e. The van der Waals surface area contributed by atoms with Crippen molar-refractivity contribution in [2.75, 3.05) is 37.3 Å². The predicted molar refractivity (Wildman–Crippen MR) is 138 cm³/mol. The summed E-state index contributed by atoms with van der Waals surface area (Å²) in [6.45, 7) is 6.85. The van der Waals surface area contributed by atoms with Crippen LogP contribution in [0.4, 0.5) is 5.69 Å². The summed E-state index contributed by atoms with van der Waals surface area (Å²) in [5.41, 5.74) is 1.26. The molecule has 7 heteroatoms. The molecule has 1 fully saturated rings. The van der Waals surface area contributed by atoms with Gasteiger partial charge in [-0.1, -0.05) is 31.5 Å². The van der Waals surface area contributed by atoms with Gasteiger partial charge in [-0.2, -0.15) is 0 Å². The molecule has 0 aliphatic heterocycles. The molecule has 3 unspecified atom stereocenters. The van der Waals surface area contributed by atoms with E-state index in [2.05, 4.69) is 59.8 Å². The van der Waals surface area contributed by atoms with Crippen molar-refractivity contribution in [3.8, 4) is 0 Å². The van der Waals surface area contributed by atoms with Crippen molar-refractivity contribution in [2.24, 2.45) is 4.99 Å². The molecule has 1 aliphatic rings. The molecule has 3 atom stereocenters. The third-order valence-electron chi connectivity index (χ3n) is 5.34. The van der Waals surface area contributed by atoms with E-state index in [0.717, 1.165) is 69.9 Å². The van der Waals surface area contributed by atoms with Crippen LogP contribution in [0.25, 0.3) is 0 Å². The standard InChI is InChI=1S/C22H38N4OS.HI/c1-4-23-22(25-19-12-11-15-21(18-19)28(27)5-2)24-16-9-10-17-26(3)20-13-7-6-8-14-20;/h6-8,13-14,19,21H,4-5,9-12,15-18H2,1-3H3,(H2,23,24,25);1H. The molecular formula is C22H39IN4OS. The van der Waals surface area contributed by atoms with Gasteiger partial charge in [-0.05, 0) is 51.2 Å². The minimum atomic E-state index is -0.686. The lowest BCUT2D eigenvalue weighted by atomic mass is 9.95. The van der Waals surface area contributed by atoms with Crippen molar-refractivity contribution in [3.05, 3.63) is 30.3 Å². The Morgan fingerprint density at radius 1 is 1.21 bits per heavy atom. The predicted octanol–water partition coefficient (Wildman–Crippen LogP) is 4.16. The van der Waals surface area contributed by atoms with Gasteiger partial charge in [0.2, 0.25) is 0 Å². The van der Waals surface area contributed by atoms with Gasteiger partial charge in [0.25, 0.3) is 0 Å². The maximum atomic E-state index is 12.2. The summed E-state index contributed by atoms with van der Waals surface area (Å²) >= 11 is 0. The van der Waals surface area contributed by atoms with Crippen molar-refractivity contribution < 1.29 is 4.21 Å². The number of nitrogens with one attached hydrogen (secondary N) is 2. The zero-order valence-electron chi connectivity index (χ0n) is 18.2. The average molecular weight is 535 g/mol. The first-order valence-corrected chi connectivity index (χ1v) is 12.2. The number of halogens is 1. The number of guanidine groups is 1. The van der Waals surface area contributed by atoms with Gasteiger partial charge in [0.05, 0.1) is 0 Å². The number of para-hydroxylation sites is 1. The van der Waals surface area contributed by atoms with Gasteiger partial charge >= 0.3 is 0 Å². The molecule has 1 aromatic rings. The molecule has 0 aromatic heterocycles. The second-order valence-electron chi connectivity index (χ2n) is 7.52. The number of nitrogens with zero attached hydrogens (tertiary/aromatic N) is 2. The molecule has 0 bridgehead atoms. The summed E-state index contributed by atoms with van der Waals surface area (Å²) in [4.78, 5) is 7.06. The van der Waals surface area contributed by atoms with E-state index in [4.69, 9.17) is 4.99 Å². The third kappa shape index (κ3) is 9.68. The molecule has 29 heavy (non-hydrogen) atoms. The molecule has 166 valence electrons. The number of rotatable bonds is 10. The highest BCUT2D eigenvalue weighted by atomic mass is 127. The Balaban J connectivity index is 0.00000420. The number of anilines is 1. The lowest BCUT2D eigenvalue weighted by Gasteiger charge is -2.30. The molecule has 1 aromatic carbocycles. The number of hydrogen-bond acceptors (Lipinski definition) is 3. The molecule has 0 radical (unpaired) electrons. The fourth-order valence-corrected chi connectivity index (χ4v) is 5.08. The van der Waals surface area contributed by atoms with E-state index in [1.807, 2.05) is 6.92 Å². The third-order valence-corrected chi connectivity index (χ3v) is 7.08. The van der Waals surface area contributed by atoms with Gasteiger partial charge < -0.3 is 15.5 Å². The zero-order valence-corrected chi connectivity index (χ0v) is 21.4. The molecule has 0 spiro atoms. The van der Waals surface area contributed by atoms with Crippen LogP contribution >= 0.6 is 24.0 Å². The highest BCUT2D eigenvalue weighted by molar-refractivity contribution is 14.0. The zero-order chi connectivity index (χ0) is 20.2. The van der Waals surface area contributed by atoms with Gasteiger partial charge in [-0.3, -0.25) is 9.20 Å². The quantitative estimate of drug-likeness (QED) is 0.205. The van der Waals surface area contributed by atoms with E-state index in [-0.39, 0.29) is 24.0 Å². The van der Waals surface area contributed by atoms with E-state index in [1.54, 1.807) is 0 Å². The topological polar surface area (TPSA) is 56.7 Å². The Morgan fingerprint density at radius 2 is 1.97 bits per heavy atom. The maximum absolute atomic E-state index is 12.2. The summed E-state index contributed by atoms with van der Waals surface area (Å²) < 4.78 is 12.2. The van der Waals surface area contributed by atoms with Crippen molar-refractivity contribution >= 4 is 46.4 Å². The molecular weight excluding hydrogens is 495 g/mol. The number of hydrogen-bond donors (Lipinski definition) is 2. The SMILES string of the molecule is CCNC(=NCCCCN(C)c1ccccc1)NC1CCCC(S(=O)CC)C1.I. The lowest BCUT2D eigenvalue weighted by Crippen LogP contribution is -2.46. The van der Waals surface area contributed by atoms with Crippen LogP contribution in [-0.2, 0) is 10.8 Å². The second-order valence-corrected chi connectivity index (χ2v) is 9.53. The first-order chi connectivity index (χ1) is 13.6. The molecule has 0 heterocycles. The van der Waals surface area contributed by atoms with Crippen LogP contribution in [0, 0.1) is 0 Å². The molecule has 2 rings (SSSR count). The fourth-order valence-electron chi connectivity index (χ4n) is 3.73. The van der Waals surface area contributed by atoms with E-state index >= 15 is 0 Å². The highest BCUT2D eigenvalue weighted by Gasteiger charge is 2.25. The summed E-state index contributed by atoms with van der Waals surface area (Å²) in [5.74, 6) is 1.68. The van der Waals surface area contributed by atoms with Crippen LogP contribution < -0.4 is 15.5 Å². The highest BCUT2D eigenvalue weighted by Crippen LogP contribution is 2.23. The van der Waals surface area contributed by atoms with E-state index in [1.165, 1.54) is 5.69 Å². The Kier molecular flexibility index (Phi) is 13.6. The number of aliphatic imine (C=N–C) groups is 1. The average Bonchev–Trinajstić information content (AvgIpc) is 2.73. The number of unbranched alkanes of at least 4 members (excludes halogenated alkanes) is 1. The molecule has 0 amide bonds. The minimum Gasteiger partial charge on any atom is -0.375 e. The monoisotopic (exact) mass is 534 g/mol. The van der Waals surface area contributed by atoms with Gasteiger partial charge in [-0.15, -0.1) is 24.0 Å². The van der Waals surface area contributed by atoms with Crippen LogP contribution in [0.2, 0.25) is 0 Å². The van der Waals surface area contributed by atoms with Crippen molar-refractivity contribution in [2.45, 2.75) is 63.7 Å². The van der Waals surface area contributed by atoms with Crippen molar-refractivity contribution in [1.29, 1.82) is 0 Å². The smallest absolute Gasteiger partial charge is 0.191 e. The summed E-state index contributed by atoms with van der Waals surface area (Å²) in [6, 6.07) is 10.9. The van der Waals surface area contributed by atoms with Crippen LogP contribution in [0.15, 0.2) is 35.3 Å². The summed E-state index contributed by atoms with van der Waals surface area (Å²) in [5, 5.41) is 7.29. The minimum absolute atomic E-state index is 0. The van der Waals surface area contributed by atoms with Crippen LogP contribution in [0.3, 0.4) is 0 Å². The Morgan fingerprint density at radius 3 is 2.66 bits per heavy atom. The van der Waals surface area contributed by atoms with Gasteiger partial charge in [0.1, 0.15) is 0 Å². The summed E-state index contributed by atoms with van der Waals surface area (Å²) in [6.07, 6.45) is 6.58. The lowest BCUT2D eigenvalue weighted by molar-refractivity contribution is 0.413. The Bertz CT molecular complexity index is 614. The van der Waals surface area contributed by atoms with Crippen molar-refractivity contribution in [3.63, 3.8) is 0 Å². The van der Waals surface area contributed by atoms with Crippen LogP contribution in [-0.4, -0.2) is 53.9 Å². The largest absolute Gasteiger partial charge is 0.375 e. The molecule has 0 saturated heterocycles. The van der Waals surface area contributed by atoms with E-state index < -0.39 is 10.8 Å². The van der Waals surface area contributed by atoms with Gasteiger partial charge in [-0.25, -0.2) is 0 Å². The molecule has 5 nitrogen and oxygen atoms in total. The van der Waals surface area contributed by atoms with Crippen LogP contribution in [0.1, 0.15) is 52.4 Å². The number of benzene rings is 1. The van der Waals surface area contributed by atoms with Crippen molar-refractivity contribution in [1.82, 2.24) is 10.6 Å². The normalized spacial score (nSPS) is 20.4.